The Hall–Kier alpha value is -0.900. The highest BCUT2D eigenvalue weighted by molar-refractivity contribution is 7.09. The van der Waals surface area contributed by atoms with E-state index in [9.17, 15) is 0 Å². The normalized spacial score (nSPS) is 19.6. The third-order valence-electron chi connectivity index (χ3n) is 4.02. The molecule has 1 saturated heterocycles. The van der Waals surface area contributed by atoms with E-state index in [4.69, 9.17) is 11.6 Å². The second kappa shape index (κ2) is 6.25. The second-order valence-electron chi connectivity index (χ2n) is 5.58. The number of likely N-dealkylation sites (tertiary alicyclic amines) is 1. The first-order valence-corrected chi connectivity index (χ1v) is 8.32. The van der Waals surface area contributed by atoms with Crippen molar-refractivity contribution in [1.29, 1.82) is 0 Å². The molecule has 106 valence electrons. The van der Waals surface area contributed by atoms with Crippen molar-refractivity contribution in [2.24, 2.45) is 5.92 Å². The van der Waals surface area contributed by atoms with Crippen molar-refractivity contribution in [1.82, 2.24) is 9.88 Å². The first kappa shape index (κ1) is 14.1. The average molecular weight is 307 g/mol. The van der Waals surface area contributed by atoms with Gasteiger partial charge in [-0.15, -0.1) is 11.3 Å². The van der Waals surface area contributed by atoms with E-state index in [0.717, 1.165) is 23.9 Å². The number of hydrogen-bond acceptors (Lipinski definition) is 3. The van der Waals surface area contributed by atoms with E-state index in [1.165, 1.54) is 35.6 Å². The molecule has 4 heteroatoms. The maximum absolute atomic E-state index is 5.93. The van der Waals surface area contributed by atoms with Crippen molar-refractivity contribution in [3.05, 3.63) is 50.9 Å². The van der Waals surface area contributed by atoms with Crippen molar-refractivity contribution >= 4 is 22.9 Å². The predicted octanol–water partition coefficient (Wildman–Crippen LogP) is 4.17. The molecule has 0 saturated carbocycles. The third kappa shape index (κ3) is 3.40. The van der Waals surface area contributed by atoms with Crippen LogP contribution in [0.3, 0.4) is 0 Å². The lowest BCUT2D eigenvalue weighted by Crippen LogP contribution is -2.20. The SMILES string of the molecule is Cc1ncsc1CN1CCC(Cc2ccc(Cl)cc2)C1. The molecule has 1 aliphatic rings. The van der Waals surface area contributed by atoms with Gasteiger partial charge in [0.2, 0.25) is 0 Å². The standard InChI is InChI=1S/C16H19ClN2S/c1-12-16(20-11-18-12)10-19-7-6-14(9-19)8-13-2-4-15(17)5-3-13/h2-5,11,14H,6-10H2,1H3. The minimum atomic E-state index is 0.768. The molecule has 1 atom stereocenters. The zero-order valence-corrected chi connectivity index (χ0v) is 13.3. The number of aromatic nitrogens is 1. The topological polar surface area (TPSA) is 16.1 Å². The first-order valence-electron chi connectivity index (χ1n) is 7.06. The molecule has 0 spiro atoms. The smallest absolute Gasteiger partial charge is 0.0798 e. The van der Waals surface area contributed by atoms with E-state index < -0.39 is 0 Å². The Bertz CT molecular complexity index is 564. The summed E-state index contributed by atoms with van der Waals surface area (Å²) in [5, 5.41) is 0.822. The minimum absolute atomic E-state index is 0.768. The molecule has 1 aromatic carbocycles. The van der Waals surface area contributed by atoms with Gasteiger partial charge >= 0.3 is 0 Å². The van der Waals surface area contributed by atoms with Crippen LogP contribution >= 0.6 is 22.9 Å². The van der Waals surface area contributed by atoms with E-state index >= 15 is 0 Å². The van der Waals surface area contributed by atoms with Crippen molar-refractivity contribution in [3.63, 3.8) is 0 Å². The summed E-state index contributed by atoms with van der Waals surface area (Å²) in [5.41, 5.74) is 4.54. The second-order valence-corrected chi connectivity index (χ2v) is 6.96. The molecule has 0 bridgehead atoms. The Morgan fingerprint density at radius 1 is 1.35 bits per heavy atom. The number of thiazole rings is 1. The van der Waals surface area contributed by atoms with Gasteiger partial charge in [0.05, 0.1) is 11.2 Å². The van der Waals surface area contributed by atoms with E-state index in [1.807, 2.05) is 17.6 Å². The fourth-order valence-corrected chi connectivity index (χ4v) is 3.80. The fraction of sp³-hybridized carbons (Fsp3) is 0.438. The van der Waals surface area contributed by atoms with Crippen molar-refractivity contribution in [3.8, 4) is 0 Å². The Balaban J connectivity index is 1.54. The van der Waals surface area contributed by atoms with Crippen LogP contribution in [0.4, 0.5) is 0 Å². The van der Waals surface area contributed by atoms with Crippen molar-refractivity contribution in [2.45, 2.75) is 26.3 Å². The van der Waals surface area contributed by atoms with Gasteiger partial charge < -0.3 is 0 Å². The Kier molecular flexibility index (Phi) is 4.39. The summed E-state index contributed by atoms with van der Waals surface area (Å²) in [6.45, 7) is 5.57. The number of aryl methyl sites for hydroxylation is 1. The number of halogens is 1. The summed E-state index contributed by atoms with van der Waals surface area (Å²) in [6.07, 6.45) is 2.45. The Morgan fingerprint density at radius 2 is 2.15 bits per heavy atom. The van der Waals surface area contributed by atoms with Gasteiger partial charge in [-0.3, -0.25) is 4.90 Å². The van der Waals surface area contributed by atoms with Crippen LogP contribution < -0.4 is 0 Å². The van der Waals surface area contributed by atoms with Gasteiger partial charge in [-0.05, 0) is 49.9 Å². The molecule has 2 nitrogen and oxygen atoms in total. The number of rotatable bonds is 4. The number of benzene rings is 1. The maximum atomic E-state index is 5.93. The molecule has 1 aromatic heterocycles. The lowest BCUT2D eigenvalue weighted by molar-refractivity contribution is 0.318. The largest absolute Gasteiger partial charge is 0.298 e. The molecule has 2 aromatic rings. The molecule has 0 radical (unpaired) electrons. The first-order chi connectivity index (χ1) is 9.70. The van der Waals surface area contributed by atoms with Gasteiger partial charge in [-0.2, -0.15) is 0 Å². The lowest BCUT2D eigenvalue weighted by Gasteiger charge is -2.15. The summed E-state index contributed by atoms with van der Waals surface area (Å²) in [6, 6.07) is 8.28. The zero-order chi connectivity index (χ0) is 13.9. The molecule has 0 aliphatic carbocycles. The molecule has 0 N–H and O–H groups in total. The Morgan fingerprint density at radius 3 is 2.85 bits per heavy atom. The van der Waals surface area contributed by atoms with Gasteiger partial charge in [-0.25, -0.2) is 4.98 Å². The van der Waals surface area contributed by atoms with Crippen LogP contribution in [0.1, 0.15) is 22.6 Å². The molecule has 1 aliphatic heterocycles. The number of nitrogens with zero attached hydrogens (tertiary/aromatic N) is 2. The van der Waals surface area contributed by atoms with Crippen molar-refractivity contribution in [2.75, 3.05) is 13.1 Å². The summed E-state index contributed by atoms with van der Waals surface area (Å²) in [4.78, 5) is 8.30. The molecule has 20 heavy (non-hydrogen) atoms. The van der Waals surface area contributed by atoms with Crippen LogP contribution in [0.5, 0.6) is 0 Å². The van der Waals surface area contributed by atoms with Crippen LogP contribution in [-0.2, 0) is 13.0 Å². The molecule has 1 unspecified atom stereocenters. The highest BCUT2D eigenvalue weighted by atomic mass is 35.5. The zero-order valence-electron chi connectivity index (χ0n) is 11.7. The highest BCUT2D eigenvalue weighted by Gasteiger charge is 2.23. The summed E-state index contributed by atoms with van der Waals surface area (Å²) >= 11 is 7.71. The average Bonchev–Trinajstić information content (AvgIpc) is 3.03. The van der Waals surface area contributed by atoms with E-state index in [1.54, 1.807) is 11.3 Å². The predicted molar refractivity (Wildman–Crippen MR) is 85.4 cm³/mol. The van der Waals surface area contributed by atoms with Crippen LogP contribution in [0.15, 0.2) is 29.8 Å². The molecular formula is C16H19ClN2S. The molecule has 0 amide bonds. The maximum Gasteiger partial charge on any atom is 0.0798 e. The monoisotopic (exact) mass is 306 g/mol. The van der Waals surface area contributed by atoms with Gasteiger partial charge in [0.25, 0.3) is 0 Å². The van der Waals surface area contributed by atoms with Crippen LogP contribution in [0, 0.1) is 12.8 Å². The fourth-order valence-electron chi connectivity index (χ4n) is 2.86. The molecular weight excluding hydrogens is 288 g/mol. The Labute approximate surface area is 129 Å². The highest BCUT2D eigenvalue weighted by Crippen LogP contribution is 2.24. The van der Waals surface area contributed by atoms with E-state index in [0.29, 0.717) is 0 Å². The van der Waals surface area contributed by atoms with Crippen LogP contribution in [0.2, 0.25) is 5.02 Å². The molecule has 2 heterocycles. The van der Waals surface area contributed by atoms with Gasteiger partial charge in [0.15, 0.2) is 0 Å². The lowest BCUT2D eigenvalue weighted by atomic mass is 9.99. The third-order valence-corrected chi connectivity index (χ3v) is 5.19. The summed E-state index contributed by atoms with van der Waals surface area (Å²) in [5.74, 6) is 0.768. The van der Waals surface area contributed by atoms with E-state index in [2.05, 4.69) is 28.9 Å². The van der Waals surface area contributed by atoms with Gasteiger partial charge in [-0.1, -0.05) is 23.7 Å². The summed E-state index contributed by atoms with van der Waals surface area (Å²) < 4.78 is 0. The van der Waals surface area contributed by atoms with Gasteiger partial charge in [0, 0.05) is 23.0 Å². The molecule has 3 rings (SSSR count). The van der Waals surface area contributed by atoms with Crippen LogP contribution in [-0.4, -0.2) is 23.0 Å². The molecule has 1 fully saturated rings. The number of hydrogen-bond donors (Lipinski definition) is 0. The van der Waals surface area contributed by atoms with Gasteiger partial charge in [0.1, 0.15) is 0 Å². The van der Waals surface area contributed by atoms with Crippen molar-refractivity contribution < 1.29 is 0 Å². The van der Waals surface area contributed by atoms with E-state index in [-0.39, 0.29) is 0 Å². The quantitative estimate of drug-likeness (QED) is 0.843. The van der Waals surface area contributed by atoms with Crippen LogP contribution in [0.25, 0.3) is 0 Å². The summed E-state index contributed by atoms with van der Waals surface area (Å²) in [7, 11) is 0. The minimum Gasteiger partial charge on any atom is -0.298 e.